The van der Waals surface area contributed by atoms with Crippen LogP contribution in [-0.4, -0.2) is 25.3 Å². The Morgan fingerprint density at radius 3 is 2.18 bits per heavy atom. The molecule has 0 radical (unpaired) electrons. The topological polar surface area (TPSA) is 26.0 Å². The second-order valence-corrected chi connectivity index (χ2v) is 8.32. The molecule has 0 atom stereocenters. The van der Waals surface area contributed by atoms with E-state index < -0.39 is 0 Å². The van der Waals surface area contributed by atoms with Crippen molar-refractivity contribution >= 4 is 12.2 Å². The minimum absolute atomic E-state index is 0.408. The summed E-state index contributed by atoms with van der Waals surface area (Å²) in [6, 6.07) is 21.6. The fourth-order valence-electron chi connectivity index (χ4n) is 3.49. The SMILES string of the molecule is CC(C)N(Cc1ccccc1)Cn1nc(C2CC2)n(Cc2ccccc2)c1=S. The zero-order valence-electron chi connectivity index (χ0n) is 16.7. The quantitative estimate of drug-likeness (QED) is 0.492. The molecule has 4 rings (SSSR count). The standard InChI is InChI=1S/C23H28N4S/c1-18(2)25(15-19-9-5-3-6-10-19)17-27-23(28)26(22(24-27)21-13-14-21)16-20-11-7-4-8-12-20/h3-12,18,21H,13-17H2,1-2H3. The lowest BCUT2D eigenvalue weighted by Gasteiger charge is -2.26. The van der Waals surface area contributed by atoms with E-state index in [1.54, 1.807) is 0 Å². The Kier molecular flexibility index (Phi) is 5.74. The van der Waals surface area contributed by atoms with Gasteiger partial charge in [0.25, 0.3) is 0 Å². The van der Waals surface area contributed by atoms with Crippen LogP contribution in [-0.2, 0) is 19.8 Å². The summed E-state index contributed by atoms with van der Waals surface area (Å²) in [7, 11) is 0. The number of benzene rings is 2. The van der Waals surface area contributed by atoms with E-state index in [0.717, 1.165) is 23.7 Å². The van der Waals surface area contributed by atoms with Crippen LogP contribution in [0.1, 0.15) is 49.6 Å². The molecule has 4 nitrogen and oxygen atoms in total. The summed E-state index contributed by atoms with van der Waals surface area (Å²) < 4.78 is 5.09. The first-order chi connectivity index (χ1) is 13.6. The first-order valence-corrected chi connectivity index (χ1v) is 10.5. The van der Waals surface area contributed by atoms with E-state index in [9.17, 15) is 0 Å². The van der Waals surface area contributed by atoms with E-state index in [4.69, 9.17) is 17.3 Å². The zero-order chi connectivity index (χ0) is 19.5. The second-order valence-electron chi connectivity index (χ2n) is 7.95. The summed E-state index contributed by atoms with van der Waals surface area (Å²) in [5.74, 6) is 1.71. The third-order valence-electron chi connectivity index (χ3n) is 5.35. The van der Waals surface area contributed by atoms with Crippen molar-refractivity contribution in [2.24, 2.45) is 0 Å². The van der Waals surface area contributed by atoms with Gasteiger partial charge < -0.3 is 0 Å². The Morgan fingerprint density at radius 2 is 1.61 bits per heavy atom. The summed E-state index contributed by atoms with van der Waals surface area (Å²) >= 11 is 5.87. The van der Waals surface area contributed by atoms with Crippen LogP contribution in [0.25, 0.3) is 0 Å². The molecule has 1 aliphatic rings. The average molecular weight is 393 g/mol. The van der Waals surface area contributed by atoms with Gasteiger partial charge in [-0.1, -0.05) is 60.7 Å². The maximum absolute atomic E-state index is 5.87. The van der Waals surface area contributed by atoms with Crippen molar-refractivity contribution in [2.45, 2.75) is 58.4 Å². The lowest BCUT2D eigenvalue weighted by molar-refractivity contribution is 0.153. The summed E-state index contributed by atoms with van der Waals surface area (Å²) in [4.78, 5) is 2.42. The predicted octanol–water partition coefficient (Wildman–Crippen LogP) is 5.21. The molecule has 0 saturated heterocycles. The van der Waals surface area contributed by atoms with Crippen LogP contribution < -0.4 is 0 Å². The van der Waals surface area contributed by atoms with Crippen LogP contribution >= 0.6 is 12.2 Å². The number of aromatic nitrogens is 3. The van der Waals surface area contributed by atoms with Crippen LogP contribution in [0.5, 0.6) is 0 Å². The van der Waals surface area contributed by atoms with E-state index in [2.05, 4.69) is 84.0 Å². The van der Waals surface area contributed by atoms with Gasteiger partial charge in [0, 0.05) is 18.5 Å². The number of nitrogens with zero attached hydrogens (tertiary/aromatic N) is 4. The molecule has 0 bridgehead atoms. The summed E-state index contributed by atoms with van der Waals surface area (Å²) in [5.41, 5.74) is 2.58. The van der Waals surface area contributed by atoms with E-state index in [-0.39, 0.29) is 0 Å². The molecule has 2 aromatic carbocycles. The van der Waals surface area contributed by atoms with Gasteiger partial charge in [0.05, 0.1) is 13.2 Å². The molecule has 1 fully saturated rings. The fraction of sp³-hybridized carbons (Fsp3) is 0.391. The van der Waals surface area contributed by atoms with E-state index in [1.807, 2.05) is 4.68 Å². The summed E-state index contributed by atoms with van der Waals surface area (Å²) in [6.07, 6.45) is 2.44. The Balaban J connectivity index is 1.60. The highest BCUT2D eigenvalue weighted by Gasteiger charge is 2.30. The Labute approximate surface area is 172 Å². The second kappa shape index (κ2) is 8.41. The number of hydrogen-bond donors (Lipinski definition) is 0. The number of hydrogen-bond acceptors (Lipinski definition) is 3. The molecule has 1 saturated carbocycles. The van der Waals surface area contributed by atoms with Crippen LogP contribution in [0.4, 0.5) is 0 Å². The van der Waals surface area contributed by atoms with Crippen molar-refractivity contribution in [2.75, 3.05) is 0 Å². The van der Waals surface area contributed by atoms with Crippen molar-refractivity contribution in [1.82, 2.24) is 19.2 Å². The van der Waals surface area contributed by atoms with E-state index >= 15 is 0 Å². The Hall–Kier alpha value is -2.24. The largest absolute Gasteiger partial charge is 0.299 e. The minimum atomic E-state index is 0.408. The first-order valence-electron chi connectivity index (χ1n) is 10.1. The molecule has 0 unspecified atom stereocenters. The van der Waals surface area contributed by atoms with Crippen LogP contribution in [0.3, 0.4) is 0 Å². The molecule has 5 heteroatoms. The van der Waals surface area contributed by atoms with Crippen molar-refractivity contribution in [3.63, 3.8) is 0 Å². The van der Waals surface area contributed by atoms with Gasteiger partial charge in [-0.05, 0) is 50.0 Å². The molecule has 1 aliphatic carbocycles. The number of rotatable bonds is 8. The highest BCUT2D eigenvalue weighted by atomic mass is 32.1. The third kappa shape index (κ3) is 4.42. The molecule has 1 heterocycles. The molecule has 0 amide bonds. The van der Waals surface area contributed by atoms with Crippen LogP contribution in [0.2, 0.25) is 0 Å². The van der Waals surface area contributed by atoms with Gasteiger partial charge in [0.15, 0.2) is 4.77 Å². The Morgan fingerprint density at radius 1 is 1.00 bits per heavy atom. The molecule has 0 spiro atoms. The maximum Gasteiger partial charge on any atom is 0.199 e. The smallest absolute Gasteiger partial charge is 0.199 e. The summed E-state index contributed by atoms with van der Waals surface area (Å²) in [6.45, 7) is 6.87. The van der Waals surface area contributed by atoms with Gasteiger partial charge in [-0.15, -0.1) is 0 Å². The van der Waals surface area contributed by atoms with Crippen LogP contribution in [0, 0.1) is 4.77 Å². The maximum atomic E-state index is 5.87. The van der Waals surface area contributed by atoms with Crippen molar-refractivity contribution in [3.05, 3.63) is 82.4 Å². The monoisotopic (exact) mass is 392 g/mol. The lowest BCUT2D eigenvalue weighted by Crippen LogP contribution is -2.33. The molecule has 1 aromatic heterocycles. The predicted molar refractivity (Wildman–Crippen MR) is 116 cm³/mol. The Bertz CT molecular complexity index is 955. The van der Waals surface area contributed by atoms with Gasteiger partial charge >= 0.3 is 0 Å². The first kappa shape index (κ1) is 19.1. The average Bonchev–Trinajstić information content (AvgIpc) is 3.50. The van der Waals surface area contributed by atoms with Crippen LogP contribution in [0.15, 0.2) is 60.7 Å². The molecule has 3 aromatic rings. The van der Waals surface area contributed by atoms with E-state index in [1.165, 1.54) is 24.0 Å². The highest BCUT2D eigenvalue weighted by molar-refractivity contribution is 7.71. The molecule has 0 aliphatic heterocycles. The molecule has 146 valence electrons. The zero-order valence-corrected chi connectivity index (χ0v) is 17.5. The lowest BCUT2D eigenvalue weighted by atomic mass is 10.2. The van der Waals surface area contributed by atoms with Gasteiger partial charge in [-0.25, -0.2) is 4.68 Å². The molecule has 28 heavy (non-hydrogen) atoms. The van der Waals surface area contributed by atoms with Gasteiger partial charge in [0.1, 0.15) is 5.82 Å². The van der Waals surface area contributed by atoms with Crippen molar-refractivity contribution < 1.29 is 0 Å². The van der Waals surface area contributed by atoms with Gasteiger partial charge in [-0.3, -0.25) is 9.47 Å². The summed E-state index contributed by atoms with van der Waals surface area (Å²) in [5, 5.41) is 4.97. The molecular weight excluding hydrogens is 364 g/mol. The van der Waals surface area contributed by atoms with Gasteiger partial charge in [-0.2, -0.15) is 5.10 Å². The highest BCUT2D eigenvalue weighted by Crippen LogP contribution is 2.39. The van der Waals surface area contributed by atoms with Crippen molar-refractivity contribution in [1.29, 1.82) is 0 Å². The minimum Gasteiger partial charge on any atom is -0.299 e. The van der Waals surface area contributed by atoms with Crippen molar-refractivity contribution in [3.8, 4) is 0 Å². The fourth-order valence-corrected chi connectivity index (χ4v) is 3.75. The molecular formula is C23H28N4S. The van der Waals surface area contributed by atoms with E-state index in [0.29, 0.717) is 18.6 Å². The normalized spacial score (nSPS) is 14.1. The molecule has 0 N–H and O–H groups in total. The third-order valence-corrected chi connectivity index (χ3v) is 5.78. The van der Waals surface area contributed by atoms with Gasteiger partial charge in [0.2, 0.25) is 0 Å².